The Morgan fingerprint density at radius 2 is 2.13 bits per heavy atom. The molecule has 3 nitrogen and oxygen atoms in total. The van der Waals surface area contributed by atoms with Crippen LogP contribution >= 0.6 is 11.8 Å². The molecular formula is C11H21NO2S. The molecule has 15 heavy (non-hydrogen) atoms. The molecule has 0 aromatic carbocycles. The van der Waals surface area contributed by atoms with E-state index in [0.29, 0.717) is 16.9 Å². The lowest BCUT2D eigenvalue weighted by Gasteiger charge is -2.34. The van der Waals surface area contributed by atoms with Gasteiger partial charge in [0.2, 0.25) is 5.91 Å². The average molecular weight is 231 g/mol. The van der Waals surface area contributed by atoms with E-state index in [2.05, 4.69) is 13.8 Å². The van der Waals surface area contributed by atoms with Gasteiger partial charge in [-0.2, -0.15) is 0 Å². The van der Waals surface area contributed by atoms with Crippen molar-refractivity contribution in [2.24, 2.45) is 5.92 Å². The molecule has 0 aliphatic heterocycles. The zero-order valence-electron chi connectivity index (χ0n) is 9.77. The Balaban J connectivity index is 2.15. The molecule has 0 unspecified atom stereocenters. The van der Waals surface area contributed by atoms with Crippen molar-refractivity contribution in [1.82, 2.24) is 4.90 Å². The van der Waals surface area contributed by atoms with Crippen LogP contribution in [0.5, 0.6) is 0 Å². The van der Waals surface area contributed by atoms with Gasteiger partial charge in [0.25, 0.3) is 0 Å². The van der Waals surface area contributed by atoms with Crippen LogP contribution in [0, 0.1) is 5.92 Å². The molecule has 0 spiro atoms. The van der Waals surface area contributed by atoms with E-state index in [0.717, 1.165) is 19.4 Å². The summed E-state index contributed by atoms with van der Waals surface area (Å²) >= 11 is 1.68. The van der Waals surface area contributed by atoms with Crippen molar-refractivity contribution < 1.29 is 9.90 Å². The molecule has 0 heterocycles. The number of amides is 1. The van der Waals surface area contributed by atoms with E-state index in [-0.39, 0.29) is 12.0 Å². The van der Waals surface area contributed by atoms with Gasteiger partial charge in [0, 0.05) is 13.6 Å². The Labute approximate surface area is 96.2 Å². The first-order valence-corrected chi connectivity index (χ1v) is 6.57. The summed E-state index contributed by atoms with van der Waals surface area (Å²) in [4.78, 5) is 13.4. The maximum atomic E-state index is 11.6. The molecule has 1 aliphatic rings. The SMILES string of the molecule is CC(C)SCC(=O)N(C)CC1CC(O)C1. The van der Waals surface area contributed by atoms with E-state index in [1.165, 1.54) is 0 Å². The van der Waals surface area contributed by atoms with Gasteiger partial charge in [0.15, 0.2) is 0 Å². The number of carbonyl (C=O) groups excluding carboxylic acids is 1. The highest BCUT2D eigenvalue weighted by Crippen LogP contribution is 2.27. The fraction of sp³-hybridized carbons (Fsp3) is 0.909. The number of thioether (sulfide) groups is 1. The lowest BCUT2D eigenvalue weighted by atomic mass is 9.82. The number of hydrogen-bond acceptors (Lipinski definition) is 3. The quantitative estimate of drug-likeness (QED) is 0.776. The predicted molar refractivity (Wildman–Crippen MR) is 64.0 cm³/mol. The van der Waals surface area contributed by atoms with Crippen LogP contribution in [0.1, 0.15) is 26.7 Å². The largest absolute Gasteiger partial charge is 0.393 e. The zero-order chi connectivity index (χ0) is 11.4. The lowest BCUT2D eigenvalue weighted by Crippen LogP contribution is -2.40. The van der Waals surface area contributed by atoms with Crippen LogP contribution in [-0.4, -0.2) is 46.6 Å². The van der Waals surface area contributed by atoms with E-state index < -0.39 is 0 Å². The third-order valence-corrected chi connectivity index (χ3v) is 3.79. The van der Waals surface area contributed by atoms with Crippen LogP contribution in [0.2, 0.25) is 0 Å². The number of nitrogens with zero attached hydrogens (tertiary/aromatic N) is 1. The maximum Gasteiger partial charge on any atom is 0.232 e. The third-order valence-electron chi connectivity index (χ3n) is 2.71. The monoisotopic (exact) mass is 231 g/mol. The zero-order valence-corrected chi connectivity index (χ0v) is 10.6. The number of carbonyl (C=O) groups is 1. The lowest BCUT2D eigenvalue weighted by molar-refractivity contribution is -0.128. The van der Waals surface area contributed by atoms with Crippen molar-refractivity contribution in [3.63, 3.8) is 0 Å². The number of rotatable bonds is 5. The Hall–Kier alpha value is -0.220. The first-order valence-electron chi connectivity index (χ1n) is 5.52. The Morgan fingerprint density at radius 1 is 1.53 bits per heavy atom. The molecule has 0 aromatic rings. The topological polar surface area (TPSA) is 40.5 Å². The molecule has 0 radical (unpaired) electrons. The minimum Gasteiger partial charge on any atom is -0.393 e. The van der Waals surface area contributed by atoms with Crippen LogP contribution in [0.3, 0.4) is 0 Å². The third kappa shape index (κ3) is 4.43. The molecule has 1 saturated carbocycles. The second-order valence-corrected chi connectivity index (χ2v) is 6.19. The van der Waals surface area contributed by atoms with Crippen molar-refractivity contribution in [3.8, 4) is 0 Å². The molecule has 1 rings (SSSR count). The molecule has 4 heteroatoms. The van der Waals surface area contributed by atoms with Crippen LogP contribution in [-0.2, 0) is 4.79 Å². The minimum absolute atomic E-state index is 0.122. The molecule has 0 saturated heterocycles. The normalized spacial score (nSPS) is 25.1. The molecular weight excluding hydrogens is 210 g/mol. The van der Waals surface area contributed by atoms with E-state index in [1.807, 2.05) is 7.05 Å². The van der Waals surface area contributed by atoms with Gasteiger partial charge >= 0.3 is 0 Å². The molecule has 0 atom stereocenters. The highest BCUT2D eigenvalue weighted by molar-refractivity contribution is 8.00. The molecule has 0 bridgehead atoms. The summed E-state index contributed by atoms with van der Waals surface area (Å²) in [5, 5.41) is 9.65. The van der Waals surface area contributed by atoms with Crippen LogP contribution < -0.4 is 0 Å². The second-order valence-electron chi connectivity index (χ2n) is 4.63. The van der Waals surface area contributed by atoms with Crippen molar-refractivity contribution in [1.29, 1.82) is 0 Å². The summed E-state index contributed by atoms with van der Waals surface area (Å²) in [5.74, 6) is 1.29. The first-order chi connectivity index (χ1) is 6.99. The summed E-state index contributed by atoms with van der Waals surface area (Å²) in [6, 6.07) is 0. The number of hydrogen-bond donors (Lipinski definition) is 1. The molecule has 1 aliphatic carbocycles. The summed E-state index contributed by atoms with van der Waals surface area (Å²) in [6.45, 7) is 5.00. The van der Waals surface area contributed by atoms with E-state index >= 15 is 0 Å². The molecule has 0 aromatic heterocycles. The summed E-state index contributed by atoms with van der Waals surface area (Å²) in [5.41, 5.74) is 0. The fourth-order valence-corrected chi connectivity index (χ4v) is 2.38. The maximum absolute atomic E-state index is 11.6. The van der Waals surface area contributed by atoms with Gasteiger partial charge in [0.05, 0.1) is 11.9 Å². The number of aliphatic hydroxyl groups is 1. The summed E-state index contributed by atoms with van der Waals surface area (Å²) in [7, 11) is 1.86. The van der Waals surface area contributed by atoms with Gasteiger partial charge in [0.1, 0.15) is 0 Å². The van der Waals surface area contributed by atoms with Crippen LogP contribution in [0.25, 0.3) is 0 Å². The van der Waals surface area contributed by atoms with Crippen molar-refractivity contribution >= 4 is 17.7 Å². The van der Waals surface area contributed by atoms with Gasteiger partial charge in [-0.1, -0.05) is 13.8 Å². The summed E-state index contributed by atoms with van der Waals surface area (Å²) < 4.78 is 0. The number of aliphatic hydroxyl groups excluding tert-OH is 1. The highest BCUT2D eigenvalue weighted by atomic mass is 32.2. The van der Waals surface area contributed by atoms with Crippen molar-refractivity contribution in [3.05, 3.63) is 0 Å². The Bertz CT molecular complexity index is 215. The standard InChI is InChI=1S/C11H21NO2S/c1-8(2)15-7-11(14)12(3)6-9-4-10(13)5-9/h8-10,13H,4-7H2,1-3H3. The molecule has 1 N–H and O–H groups in total. The first kappa shape index (κ1) is 12.8. The Kier molecular flexibility index (Phi) is 4.93. The highest BCUT2D eigenvalue weighted by Gasteiger charge is 2.28. The minimum atomic E-state index is -0.122. The molecule has 1 amide bonds. The molecule has 88 valence electrons. The van der Waals surface area contributed by atoms with E-state index in [9.17, 15) is 4.79 Å². The van der Waals surface area contributed by atoms with Gasteiger partial charge < -0.3 is 10.0 Å². The van der Waals surface area contributed by atoms with E-state index in [4.69, 9.17) is 5.11 Å². The van der Waals surface area contributed by atoms with Gasteiger partial charge in [-0.3, -0.25) is 4.79 Å². The fourth-order valence-electron chi connectivity index (χ4n) is 1.69. The summed E-state index contributed by atoms with van der Waals surface area (Å²) in [6.07, 6.45) is 1.59. The van der Waals surface area contributed by atoms with Crippen molar-refractivity contribution in [2.45, 2.75) is 38.0 Å². The van der Waals surface area contributed by atoms with Crippen LogP contribution in [0.4, 0.5) is 0 Å². The van der Waals surface area contributed by atoms with Gasteiger partial charge in [-0.15, -0.1) is 11.8 Å². The van der Waals surface area contributed by atoms with Gasteiger partial charge in [-0.05, 0) is 24.0 Å². The Morgan fingerprint density at radius 3 is 2.60 bits per heavy atom. The smallest absolute Gasteiger partial charge is 0.232 e. The average Bonchev–Trinajstić information content (AvgIpc) is 2.11. The van der Waals surface area contributed by atoms with Gasteiger partial charge in [-0.25, -0.2) is 0 Å². The van der Waals surface area contributed by atoms with Crippen LogP contribution in [0.15, 0.2) is 0 Å². The van der Waals surface area contributed by atoms with Crippen molar-refractivity contribution in [2.75, 3.05) is 19.3 Å². The van der Waals surface area contributed by atoms with E-state index in [1.54, 1.807) is 16.7 Å². The predicted octanol–water partition coefficient (Wildman–Crippen LogP) is 1.36. The second kappa shape index (κ2) is 5.75. The molecule has 1 fully saturated rings.